The minimum atomic E-state index is 0.0359. The highest BCUT2D eigenvalue weighted by molar-refractivity contribution is 5.94. The largest absolute Gasteiger partial charge is 0.488 e. The van der Waals surface area contributed by atoms with E-state index in [-0.39, 0.29) is 6.04 Å². The van der Waals surface area contributed by atoms with E-state index in [9.17, 15) is 0 Å². The van der Waals surface area contributed by atoms with Gasteiger partial charge in [0.2, 0.25) is 0 Å². The van der Waals surface area contributed by atoms with Gasteiger partial charge >= 0.3 is 0 Å². The number of rotatable bonds is 3. The summed E-state index contributed by atoms with van der Waals surface area (Å²) in [6, 6.07) is 25.0. The normalized spacial score (nSPS) is 15.2. The lowest BCUT2D eigenvalue weighted by Crippen LogP contribution is -2.24. The molecule has 3 aromatic carbocycles. The summed E-state index contributed by atoms with van der Waals surface area (Å²) in [5.41, 5.74) is 7.07. The van der Waals surface area contributed by atoms with Crippen LogP contribution < -0.4 is 4.74 Å². The SMILES string of the molecule is Cc1noc(C)c1-c1ccc2nc(-c3ccccc3)n3c2c1OCC3c1ccccc1. The van der Waals surface area contributed by atoms with Crippen molar-refractivity contribution in [2.24, 2.45) is 0 Å². The van der Waals surface area contributed by atoms with E-state index in [0.29, 0.717) is 6.61 Å². The second-order valence-corrected chi connectivity index (χ2v) is 7.92. The van der Waals surface area contributed by atoms with Gasteiger partial charge in [-0.15, -0.1) is 0 Å². The average molecular weight is 407 g/mol. The first kappa shape index (κ1) is 18.0. The number of aryl methyl sites for hydroxylation is 2. The molecule has 0 fully saturated rings. The Hall–Kier alpha value is -3.86. The Morgan fingerprint density at radius 1 is 0.903 bits per heavy atom. The number of hydrogen-bond acceptors (Lipinski definition) is 4. The fourth-order valence-corrected chi connectivity index (χ4v) is 4.62. The molecule has 0 radical (unpaired) electrons. The Labute approximate surface area is 179 Å². The number of nitrogens with zero attached hydrogens (tertiary/aromatic N) is 3. The van der Waals surface area contributed by atoms with Crippen LogP contribution in [0.5, 0.6) is 5.75 Å². The smallest absolute Gasteiger partial charge is 0.153 e. The minimum Gasteiger partial charge on any atom is -0.488 e. The molecule has 0 bridgehead atoms. The first-order valence-electron chi connectivity index (χ1n) is 10.4. The van der Waals surface area contributed by atoms with Gasteiger partial charge in [-0.3, -0.25) is 0 Å². The molecule has 1 aliphatic heterocycles. The van der Waals surface area contributed by atoms with E-state index in [1.807, 2.05) is 26.0 Å². The van der Waals surface area contributed by atoms with Crippen LogP contribution in [0.15, 0.2) is 77.3 Å². The minimum absolute atomic E-state index is 0.0359. The molecule has 0 spiro atoms. The van der Waals surface area contributed by atoms with Crippen LogP contribution in [0.3, 0.4) is 0 Å². The standard InChI is InChI=1S/C26H21N3O2/c1-16-23(17(2)31-28-16)20-13-14-21-24-25(20)30-15-22(18-9-5-3-6-10-18)29(24)26(27-21)19-11-7-4-8-12-19/h3-14,22H,15H2,1-2H3. The van der Waals surface area contributed by atoms with Crippen molar-refractivity contribution in [3.8, 4) is 28.3 Å². The van der Waals surface area contributed by atoms with Gasteiger partial charge in [0.25, 0.3) is 0 Å². The predicted octanol–water partition coefficient (Wildman–Crippen LogP) is 5.96. The van der Waals surface area contributed by atoms with Crippen LogP contribution in [0, 0.1) is 13.8 Å². The monoisotopic (exact) mass is 407 g/mol. The summed E-state index contributed by atoms with van der Waals surface area (Å²) in [7, 11) is 0. The van der Waals surface area contributed by atoms with Crippen LogP contribution >= 0.6 is 0 Å². The van der Waals surface area contributed by atoms with Gasteiger partial charge in [-0.25, -0.2) is 4.98 Å². The molecular formula is C26H21N3O2. The lowest BCUT2D eigenvalue weighted by molar-refractivity contribution is 0.261. The van der Waals surface area contributed by atoms with Gasteiger partial charge in [-0.2, -0.15) is 0 Å². The van der Waals surface area contributed by atoms with Gasteiger partial charge in [0.1, 0.15) is 23.7 Å². The van der Waals surface area contributed by atoms with Crippen molar-refractivity contribution in [3.05, 3.63) is 89.8 Å². The number of aromatic nitrogens is 3. The van der Waals surface area contributed by atoms with Crippen LogP contribution in [0.1, 0.15) is 23.1 Å². The highest BCUT2D eigenvalue weighted by atomic mass is 16.5. The first-order chi connectivity index (χ1) is 15.2. The van der Waals surface area contributed by atoms with Crippen LogP contribution in [0.2, 0.25) is 0 Å². The third kappa shape index (κ3) is 2.70. The predicted molar refractivity (Wildman–Crippen MR) is 120 cm³/mol. The lowest BCUT2D eigenvalue weighted by Gasteiger charge is -2.29. The Morgan fingerprint density at radius 2 is 1.65 bits per heavy atom. The molecule has 0 saturated carbocycles. The molecule has 5 heteroatoms. The highest BCUT2D eigenvalue weighted by Crippen LogP contribution is 2.45. The topological polar surface area (TPSA) is 53.1 Å². The van der Waals surface area contributed by atoms with E-state index in [1.165, 1.54) is 5.56 Å². The van der Waals surface area contributed by atoms with Crippen molar-refractivity contribution in [1.82, 2.24) is 14.7 Å². The Kier molecular flexibility index (Phi) is 3.96. The average Bonchev–Trinajstić information content (AvgIpc) is 3.37. The lowest BCUT2D eigenvalue weighted by atomic mass is 10.00. The van der Waals surface area contributed by atoms with E-state index in [1.54, 1.807) is 0 Å². The van der Waals surface area contributed by atoms with Gasteiger partial charge in [0.15, 0.2) is 5.75 Å². The second-order valence-electron chi connectivity index (χ2n) is 7.92. The maximum Gasteiger partial charge on any atom is 0.153 e. The third-order valence-electron chi connectivity index (χ3n) is 6.02. The van der Waals surface area contributed by atoms with Gasteiger partial charge in [0, 0.05) is 11.1 Å². The molecule has 0 N–H and O–H groups in total. The van der Waals surface area contributed by atoms with Crippen LogP contribution in [-0.2, 0) is 0 Å². The molecule has 5 aromatic rings. The van der Waals surface area contributed by atoms with E-state index in [0.717, 1.165) is 50.8 Å². The number of ether oxygens (including phenoxy) is 1. The molecule has 0 saturated heterocycles. The molecule has 5 nitrogen and oxygen atoms in total. The molecule has 6 rings (SSSR count). The first-order valence-corrected chi connectivity index (χ1v) is 10.4. The summed E-state index contributed by atoms with van der Waals surface area (Å²) in [6.45, 7) is 4.43. The fourth-order valence-electron chi connectivity index (χ4n) is 4.62. The maximum absolute atomic E-state index is 6.45. The van der Waals surface area contributed by atoms with Gasteiger partial charge in [-0.1, -0.05) is 65.8 Å². The van der Waals surface area contributed by atoms with E-state index >= 15 is 0 Å². The summed E-state index contributed by atoms with van der Waals surface area (Å²) in [5.74, 6) is 2.58. The summed E-state index contributed by atoms with van der Waals surface area (Å²) in [6.07, 6.45) is 0. The summed E-state index contributed by atoms with van der Waals surface area (Å²) >= 11 is 0. The van der Waals surface area contributed by atoms with Crippen molar-refractivity contribution in [3.63, 3.8) is 0 Å². The van der Waals surface area contributed by atoms with Crippen LogP contribution in [0.4, 0.5) is 0 Å². The number of benzene rings is 3. The van der Waals surface area contributed by atoms with E-state index in [2.05, 4.69) is 70.4 Å². The van der Waals surface area contributed by atoms with Crippen LogP contribution in [-0.4, -0.2) is 21.3 Å². The highest BCUT2D eigenvalue weighted by Gasteiger charge is 2.31. The Balaban J connectivity index is 1.68. The number of hydrogen-bond donors (Lipinski definition) is 0. The van der Waals surface area contributed by atoms with Crippen molar-refractivity contribution in [1.29, 1.82) is 0 Å². The van der Waals surface area contributed by atoms with Gasteiger partial charge in [-0.05, 0) is 31.5 Å². The molecule has 1 atom stereocenters. The molecule has 1 unspecified atom stereocenters. The second kappa shape index (κ2) is 6.84. The zero-order chi connectivity index (χ0) is 20.9. The number of imidazole rings is 1. The molecule has 1 aliphatic rings. The zero-order valence-electron chi connectivity index (χ0n) is 17.4. The van der Waals surface area contributed by atoms with Gasteiger partial charge < -0.3 is 13.8 Å². The molecule has 31 heavy (non-hydrogen) atoms. The summed E-state index contributed by atoms with van der Waals surface area (Å²) in [5, 5.41) is 4.15. The van der Waals surface area contributed by atoms with Crippen LogP contribution in [0.25, 0.3) is 33.5 Å². The molecule has 3 heterocycles. The quantitative estimate of drug-likeness (QED) is 0.370. The molecule has 0 aliphatic carbocycles. The van der Waals surface area contributed by atoms with Crippen molar-refractivity contribution < 1.29 is 9.26 Å². The van der Waals surface area contributed by atoms with Gasteiger partial charge in [0.05, 0.1) is 22.8 Å². The summed E-state index contributed by atoms with van der Waals surface area (Å²) < 4.78 is 14.2. The van der Waals surface area contributed by atoms with Crippen molar-refractivity contribution >= 4 is 11.0 Å². The molecule has 0 amide bonds. The maximum atomic E-state index is 6.45. The summed E-state index contributed by atoms with van der Waals surface area (Å²) in [4.78, 5) is 5.04. The zero-order valence-corrected chi connectivity index (χ0v) is 17.4. The van der Waals surface area contributed by atoms with E-state index in [4.69, 9.17) is 14.2 Å². The Morgan fingerprint density at radius 3 is 2.35 bits per heavy atom. The Bertz CT molecular complexity index is 1380. The molecular weight excluding hydrogens is 386 g/mol. The van der Waals surface area contributed by atoms with Crippen molar-refractivity contribution in [2.75, 3.05) is 6.61 Å². The molecule has 152 valence electrons. The van der Waals surface area contributed by atoms with Crippen molar-refractivity contribution in [2.45, 2.75) is 19.9 Å². The fraction of sp³-hybridized carbons (Fsp3) is 0.154. The molecule has 2 aromatic heterocycles. The van der Waals surface area contributed by atoms with E-state index < -0.39 is 0 Å². The third-order valence-corrected chi connectivity index (χ3v) is 6.02.